The SMILES string of the molecule is CCCCCC1CC[SiH](CCl)CC1. The van der Waals surface area contributed by atoms with Gasteiger partial charge in [0.05, 0.1) is 8.80 Å². The van der Waals surface area contributed by atoms with Gasteiger partial charge in [0.15, 0.2) is 0 Å². The first-order valence-corrected chi connectivity index (χ1v) is 8.91. The van der Waals surface area contributed by atoms with Crippen LogP contribution in [0.3, 0.4) is 0 Å². The molecule has 0 nitrogen and oxygen atoms in total. The van der Waals surface area contributed by atoms with E-state index in [1.165, 1.54) is 50.6 Å². The summed E-state index contributed by atoms with van der Waals surface area (Å²) in [6, 6.07) is 3.06. The number of hydrogen-bond acceptors (Lipinski definition) is 0. The first-order valence-electron chi connectivity index (χ1n) is 5.92. The van der Waals surface area contributed by atoms with Crippen LogP contribution in [0, 0.1) is 5.92 Å². The van der Waals surface area contributed by atoms with E-state index < -0.39 is 8.80 Å². The van der Waals surface area contributed by atoms with Gasteiger partial charge in [0.1, 0.15) is 0 Å². The van der Waals surface area contributed by atoms with Crippen molar-refractivity contribution in [3.8, 4) is 0 Å². The Kier molecular flexibility index (Phi) is 6.14. The van der Waals surface area contributed by atoms with Crippen LogP contribution in [0.5, 0.6) is 0 Å². The van der Waals surface area contributed by atoms with Gasteiger partial charge in [0, 0.05) is 5.50 Å². The summed E-state index contributed by atoms with van der Waals surface area (Å²) in [6.45, 7) is 2.29. The molecule has 2 heteroatoms. The lowest BCUT2D eigenvalue weighted by Gasteiger charge is -2.26. The number of hydrogen-bond donors (Lipinski definition) is 0. The van der Waals surface area contributed by atoms with Crippen LogP contribution >= 0.6 is 11.6 Å². The Hall–Kier alpha value is 0.507. The standard InChI is InChI=1S/C11H23ClSi/c1-2-3-4-5-11-6-8-13(10-12)9-7-11/h11,13H,2-10H2,1H3. The second kappa shape index (κ2) is 6.89. The first kappa shape index (κ1) is 11.6. The Morgan fingerprint density at radius 3 is 2.46 bits per heavy atom. The largest absolute Gasteiger partial charge is 0.131 e. The highest BCUT2D eigenvalue weighted by Gasteiger charge is 2.20. The molecule has 0 atom stereocenters. The molecule has 0 amide bonds. The van der Waals surface area contributed by atoms with Gasteiger partial charge in [-0.25, -0.2) is 0 Å². The van der Waals surface area contributed by atoms with Crippen LogP contribution in [0.2, 0.25) is 12.1 Å². The first-order chi connectivity index (χ1) is 6.36. The van der Waals surface area contributed by atoms with E-state index in [-0.39, 0.29) is 0 Å². The smallest absolute Gasteiger partial charge is 0.0540 e. The van der Waals surface area contributed by atoms with E-state index in [4.69, 9.17) is 11.6 Å². The molecule has 1 fully saturated rings. The summed E-state index contributed by atoms with van der Waals surface area (Å²) in [5, 5.41) is 0. The summed E-state index contributed by atoms with van der Waals surface area (Å²) < 4.78 is 0. The van der Waals surface area contributed by atoms with E-state index in [1.54, 1.807) is 0 Å². The molecule has 0 spiro atoms. The number of halogens is 1. The molecule has 0 saturated carbocycles. The molecular formula is C11H23ClSi. The van der Waals surface area contributed by atoms with Crippen LogP contribution in [0.15, 0.2) is 0 Å². The number of alkyl halides is 1. The Morgan fingerprint density at radius 2 is 1.92 bits per heavy atom. The minimum absolute atomic E-state index is 0.420. The Balaban J connectivity index is 2.03. The zero-order valence-corrected chi connectivity index (χ0v) is 10.8. The minimum atomic E-state index is -0.420. The molecule has 0 aliphatic carbocycles. The van der Waals surface area contributed by atoms with Crippen LogP contribution in [0.25, 0.3) is 0 Å². The molecule has 0 unspecified atom stereocenters. The topological polar surface area (TPSA) is 0 Å². The van der Waals surface area contributed by atoms with Crippen LogP contribution in [-0.4, -0.2) is 14.3 Å². The molecule has 0 aromatic carbocycles. The van der Waals surface area contributed by atoms with E-state index in [0.717, 1.165) is 11.4 Å². The Morgan fingerprint density at radius 1 is 1.23 bits per heavy atom. The minimum Gasteiger partial charge on any atom is -0.131 e. The summed E-state index contributed by atoms with van der Waals surface area (Å²) in [4.78, 5) is 0. The lowest BCUT2D eigenvalue weighted by atomic mass is 9.96. The van der Waals surface area contributed by atoms with Crippen molar-refractivity contribution in [2.75, 3.05) is 5.50 Å². The van der Waals surface area contributed by atoms with Crippen molar-refractivity contribution in [3.05, 3.63) is 0 Å². The third-order valence-corrected chi connectivity index (χ3v) is 7.45. The molecule has 0 radical (unpaired) electrons. The molecule has 0 aromatic heterocycles. The van der Waals surface area contributed by atoms with E-state index >= 15 is 0 Å². The highest BCUT2D eigenvalue weighted by atomic mass is 35.5. The maximum Gasteiger partial charge on any atom is 0.0540 e. The molecular weight excluding hydrogens is 196 g/mol. The second-order valence-corrected chi connectivity index (χ2v) is 8.66. The normalized spacial score (nSPS) is 29.1. The second-order valence-electron chi connectivity index (χ2n) is 4.54. The van der Waals surface area contributed by atoms with Gasteiger partial charge in [-0.2, -0.15) is 0 Å². The van der Waals surface area contributed by atoms with Crippen molar-refractivity contribution in [1.82, 2.24) is 0 Å². The molecule has 1 saturated heterocycles. The Bertz CT molecular complexity index is 117. The molecule has 0 N–H and O–H groups in total. The fourth-order valence-electron chi connectivity index (χ4n) is 2.36. The fourth-order valence-corrected chi connectivity index (χ4v) is 5.77. The van der Waals surface area contributed by atoms with Crippen molar-refractivity contribution in [1.29, 1.82) is 0 Å². The lowest BCUT2D eigenvalue weighted by Crippen LogP contribution is -2.23. The van der Waals surface area contributed by atoms with Gasteiger partial charge < -0.3 is 0 Å². The number of rotatable bonds is 5. The molecule has 1 heterocycles. The van der Waals surface area contributed by atoms with Crippen molar-refractivity contribution < 1.29 is 0 Å². The van der Waals surface area contributed by atoms with Crippen molar-refractivity contribution in [2.45, 2.75) is 57.5 Å². The molecule has 0 bridgehead atoms. The van der Waals surface area contributed by atoms with Gasteiger partial charge in [0.25, 0.3) is 0 Å². The molecule has 13 heavy (non-hydrogen) atoms. The van der Waals surface area contributed by atoms with Crippen molar-refractivity contribution in [2.24, 2.45) is 5.92 Å². The third-order valence-electron chi connectivity index (χ3n) is 3.40. The van der Waals surface area contributed by atoms with Crippen LogP contribution in [-0.2, 0) is 0 Å². The Labute approximate surface area is 89.7 Å². The lowest BCUT2D eigenvalue weighted by molar-refractivity contribution is 0.417. The summed E-state index contributed by atoms with van der Waals surface area (Å²) in [6.07, 6.45) is 8.78. The van der Waals surface area contributed by atoms with Crippen molar-refractivity contribution >= 4 is 20.4 Å². The quantitative estimate of drug-likeness (QED) is 0.372. The van der Waals surface area contributed by atoms with Crippen LogP contribution in [0.4, 0.5) is 0 Å². The van der Waals surface area contributed by atoms with Crippen LogP contribution in [0.1, 0.15) is 45.4 Å². The zero-order valence-electron chi connectivity index (χ0n) is 8.90. The van der Waals surface area contributed by atoms with Gasteiger partial charge in [-0.15, -0.1) is 11.6 Å². The van der Waals surface area contributed by atoms with E-state index in [2.05, 4.69) is 6.92 Å². The zero-order chi connectivity index (χ0) is 9.52. The predicted octanol–water partition coefficient (Wildman–Crippen LogP) is 3.98. The van der Waals surface area contributed by atoms with Gasteiger partial charge in [-0.3, -0.25) is 0 Å². The summed E-state index contributed by atoms with van der Waals surface area (Å²) in [7, 11) is -0.420. The van der Waals surface area contributed by atoms with E-state index in [0.29, 0.717) is 0 Å². The maximum atomic E-state index is 5.92. The summed E-state index contributed by atoms with van der Waals surface area (Å²) in [5.41, 5.74) is 1.03. The van der Waals surface area contributed by atoms with Gasteiger partial charge in [0.2, 0.25) is 0 Å². The van der Waals surface area contributed by atoms with E-state index in [9.17, 15) is 0 Å². The molecule has 1 aliphatic heterocycles. The fraction of sp³-hybridized carbons (Fsp3) is 1.00. The molecule has 1 rings (SSSR count). The third kappa shape index (κ3) is 4.50. The average molecular weight is 219 g/mol. The monoisotopic (exact) mass is 218 g/mol. The molecule has 1 aliphatic rings. The van der Waals surface area contributed by atoms with E-state index in [1.807, 2.05) is 0 Å². The summed E-state index contributed by atoms with van der Waals surface area (Å²) in [5.74, 6) is 1.07. The maximum absolute atomic E-state index is 5.92. The highest BCUT2D eigenvalue weighted by Crippen LogP contribution is 2.29. The molecule has 0 aromatic rings. The number of unbranched alkanes of at least 4 members (excludes halogenated alkanes) is 2. The van der Waals surface area contributed by atoms with Gasteiger partial charge in [-0.1, -0.05) is 57.5 Å². The van der Waals surface area contributed by atoms with Crippen LogP contribution < -0.4 is 0 Å². The predicted molar refractivity (Wildman–Crippen MR) is 64.3 cm³/mol. The summed E-state index contributed by atoms with van der Waals surface area (Å²) >= 11 is 5.92. The van der Waals surface area contributed by atoms with Crippen molar-refractivity contribution in [3.63, 3.8) is 0 Å². The average Bonchev–Trinajstić information content (AvgIpc) is 2.19. The highest BCUT2D eigenvalue weighted by molar-refractivity contribution is 6.67. The molecule has 78 valence electrons. The van der Waals surface area contributed by atoms with Gasteiger partial charge in [-0.05, 0) is 5.92 Å². The van der Waals surface area contributed by atoms with Gasteiger partial charge >= 0.3 is 0 Å².